The maximum atomic E-state index is 12.5. The van der Waals surface area contributed by atoms with E-state index in [2.05, 4.69) is 14.5 Å². The molecule has 3 aliphatic rings. The molecule has 1 unspecified atom stereocenters. The van der Waals surface area contributed by atoms with Crippen LogP contribution in [0.15, 0.2) is 24.3 Å². The largest absolute Gasteiger partial charge is 0.573 e. The first-order valence-corrected chi connectivity index (χ1v) is 6.79. The minimum absolute atomic E-state index is 0.146. The van der Waals surface area contributed by atoms with E-state index in [1.54, 1.807) is 0 Å². The molecule has 1 atom stereocenters. The Hall–Kier alpha value is -1.60. The number of fused-ring (bicyclic) bond motifs is 3. The zero-order chi connectivity index (χ0) is 15.0. The Kier molecular flexibility index (Phi) is 3.62. The molecule has 3 aliphatic heterocycles. The van der Waals surface area contributed by atoms with Gasteiger partial charge in [-0.15, -0.1) is 13.2 Å². The fourth-order valence-corrected chi connectivity index (χ4v) is 2.91. The molecule has 0 radical (unpaired) electrons. The number of Topliss-reactive ketones (excluding diaryl/α,β-unsaturated/α-hetero) is 1. The second-order valence-electron chi connectivity index (χ2n) is 5.29. The van der Waals surface area contributed by atoms with Gasteiger partial charge in [0.15, 0.2) is 5.78 Å². The van der Waals surface area contributed by atoms with Gasteiger partial charge in [-0.3, -0.25) is 14.6 Å². The topological polar surface area (TPSA) is 32.8 Å². The van der Waals surface area contributed by atoms with Crippen molar-refractivity contribution in [2.45, 2.75) is 12.4 Å². The Balaban J connectivity index is 1.77. The number of carbonyl (C=O) groups excluding carboxylic acids is 1. The molecular formula is C14H15F3N2O2. The summed E-state index contributed by atoms with van der Waals surface area (Å²) in [7, 11) is 0. The molecule has 1 aromatic carbocycles. The highest BCUT2D eigenvalue weighted by Gasteiger charge is 2.37. The fraction of sp³-hybridized carbons (Fsp3) is 0.500. The number of nitrogens with zero attached hydrogens (tertiary/aromatic N) is 2. The summed E-state index contributed by atoms with van der Waals surface area (Å²) in [5.74, 6) is -0.503. The van der Waals surface area contributed by atoms with E-state index in [0.717, 1.165) is 32.2 Å². The second kappa shape index (κ2) is 5.31. The van der Waals surface area contributed by atoms with E-state index >= 15 is 0 Å². The molecule has 0 spiro atoms. The van der Waals surface area contributed by atoms with Crippen molar-refractivity contribution in [2.24, 2.45) is 0 Å². The molecule has 0 N–H and O–H groups in total. The summed E-state index contributed by atoms with van der Waals surface area (Å²) < 4.78 is 40.6. The molecule has 3 heterocycles. The molecule has 21 heavy (non-hydrogen) atoms. The molecular weight excluding hydrogens is 285 g/mol. The molecule has 0 amide bonds. The van der Waals surface area contributed by atoms with Crippen molar-refractivity contribution in [1.29, 1.82) is 0 Å². The van der Waals surface area contributed by atoms with Gasteiger partial charge in [-0.05, 0) is 12.1 Å². The van der Waals surface area contributed by atoms with Crippen LogP contribution in [0, 0.1) is 0 Å². The van der Waals surface area contributed by atoms with E-state index in [-0.39, 0.29) is 23.1 Å². The molecule has 4 rings (SSSR count). The summed E-state index contributed by atoms with van der Waals surface area (Å²) in [5.41, 5.74) is 0.260. The summed E-state index contributed by atoms with van der Waals surface area (Å²) in [6, 6.07) is 5.03. The van der Waals surface area contributed by atoms with Crippen LogP contribution in [-0.2, 0) is 0 Å². The highest BCUT2D eigenvalue weighted by molar-refractivity contribution is 6.00. The quantitative estimate of drug-likeness (QED) is 0.797. The first kappa shape index (κ1) is 14.3. The van der Waals surface area contributed by atoms with Gasteiger partial charge in [-0.25, -0.2) is 0 Å². The molecule has 3 saturated heterocycles. The lowest BCUT2D eigenvalue weighted by Crippen LogP contribution is -2.63. The molecule has 0 aliphatic carbocycles. The summed E-state index contributed by atoms with van der Waals surface area (Å²) in [6.45, 7) is 4.19. The number of halogens is 3. The number of alkyl halides is 3. The zero-order valence-corrected chi connectivity index (χ0v) is 11.3. The Morgan fingerprint density at radius 1 is 1.19 bits per heavy atom. The van der Waals surface area contributed by atoms with Crippen LogP contribution < -0.4 is 4.74 Å². The lowest BCUT2D eigenvalue weighted by molar-refractivity contribution is -0.274. The SMILES string of the molecule is O=C(c1cccc(OC(F)(F)F)c1)C1CN2CCN1CC2. The summed E-state index contributed by atoms with van der Waals surface area (Å²) >= 11 is 0. The maximum Gasteiger partial charge on any atom is 0.573 e. The van der Waals surface area contributed by atoms with Crippen molar-refractivity contribution in [1.82, 2.24) is 9.80 Å². The van der Waals surface area contributed by atoms with E-state index in [1.807, 2.05) is 0 Å². The minimum Gasteiger partial charge on any atom is -0.406 e. The van der Waals surface area contributed by atoms with Gasteiger partial charge in [-0.2, -0.15) is 0 Å². The normalized spacial score (nSPS) is 28.4. The number of ketones is 1. The van der Waals surface area contributed by atoms with Crippen LogP contribution in [0.2, 0.25) is 0 Å². The third kappa shape index (κ3) is 3.19. The van der Waals surface area contributed by atoms with Crippen molar-refractivity contribution in [2.75, 3.05) is 32.7 Å². The fourth-order valence-electron chi connectivity index (χ4n) is 2.91. The third-order valence-corrected chi connectivity index (χ3v) is 3.93. The standard InChI is InChI=1S/C14H15F3N2O2/c15-14(16,17)21-11-3-1-2-10(8-11)13(20)12-9-18-4-6-19(12)7-5-18/h1-3,8,12H,4-7,9H2. The van der Waals surface area contributed by atoms with Gasteiger partial charge in [0.1, 0.15) is 5.75 Å². The number of carbonyl (C=O) groups is 1. The number of hydrogen-bond acceptors (Lipinski definition) is 4. The molecule has 0 saturated carbocycles. The zero-order valence-electron chi connectivity index (χ0n) is 11.3. The molecule has 3 fully saturated rings. The van der Waals surface area contributed by atoms with Gasteiger partial charge in [-0.1, -0.05) is 12.1 Å². The molecule has 4 nitrogen and oxygen atoms in total. The maximum absolute atomic E-state index is 12.5. The number of ether oxygens (including phenoxy) is 1. The average molecular weight is 300 g/mol. The van der Waals surface area contributed by atoms with Gasteiger partial charge in [0.05, 0.1) is 6.04 Å². The van der Waals surface area contributed by atoms with E-state index < -0.39 is 6.36 Å². The van der Waals surface area contributed by atoms with Crippen molar-refractivity contribution in [3.05, 3.63) is 29.8 Å². The van der Waals surface area contributed by atoms with Crippen LogP contribution in [-0.4, -0.2) is 60.7 Å². The third-order valence-electron chi connectivity index (χ3n) is 3.93. The van der Waals surface area contributed by atoms with Gasteiger partial charge in [0.2, 0.25) is 0 Å². The van der Waals surface area contributed by atoms with Crippen LogP contribution in [0.4, 0.5) is 13.2 Å². The Bertz CT molecular complexity index is 539. The summed E-state index contributed by atoms with van der Waals surface area (Å²) in [4.78, 5) is 16.8. The van der Waals surface area contributed by atoms with Gasteiger partial charge in [0.25, 0.3) is 0 Å². The van der Waals surface area contributed by atoms with Gasteiger partial charge < -0.3 is 4.74 Å². The van der Waals surface area contributed by atoms with E-state index in [0.29, 0.717) is 6.54 Å². The lowest BCUT2D eigenvalue weighted by atomic mass is 9.98. The predicted octanol–water partition coefficient (Wildman–Crippen LogP) is 1.77. The minimum atomic E-state index is -4.75. The predicted molar refractivity (Wildman–Crippen MR) is 69.3 cm³/mol. The van der Waals surface area contributed by atoms with E-state index in [4.69, 9.17) is 0 Å². The van der Waals surface area contributed by atoms with Crippen LogP contribution in [0.1, 0.15) is 10.4 Å². The molecule has 114 valence electrons. The average Bonchev–Trinajstić information content (AvgIpc) is 2.46. The van der Waals surface area contributed by atoms with E-state index in [9.17, 15) is 18.0 Å². The number of benzene rings is 1. The van der Waals surface area contributed by atoms with Crippen LogP contribution in [0.25, 0.3) is 0 Å². The van der Waals surface area contributed by atoms with Gasteiger partial charge in [0, 0.05) is 38.3 Å². The number of rotatable bonds is 3. The highest BCUT2D eigenvalue weighted by Crippen LogP contribution is 2.25. The monoisotopic (exact) mass is 300 g/mol. The van der Waals surface area contributed by atoms with Gasteiger partial charge >= 0.3 is 6.36 Å². The lowest BCUT2D eigenvalue weighted by Gasteiger charge is -2.46. The first-order chi connectivity index (χ1) is 9.92. The van der Waals surface area contributed by atoms with Crippen LogP contribution >= 0.6 is 0 Å². The first-order valence-electron chi connectivity index (χ1n) is 6.79. The molecule has 2 bridgehead atoms. The van der Waals surface area contributed by atoms with Crippen molar-refractivity contribution < 1.29 is 22.7 Å². The molecule has 7 heteroatoms. The molecule has 0 aromatic heterocycles. The smallest absolute Gasteiger partial charge is 0.406 e. The Labute approximate surface area is 120 Å². The van der Waals surface area contributed by atoms with Crippen molar-refractivity contribution >= 4 is 5.78 Å². The van der Waals surface area contributed by atoms with Crippen LogP contribution in [0.5, 0.6) is 5.75 Å². The molecule has 1 aromatic rings. The number of hydrogen-bond donors (Lipinski definition) is 0. The number of piperazine rings is 3. The summed E-state index contributed by atoms with van der Waals surface area (Å²) in [6.07, 6.45) is -4.75. The Morgan fingerprint density at radius 3 is 2.48 bits per heavy atom. The highest BCUT2D eigenvalue weighted by atomic mass is 19.4. The second-order valence-corrected chi connectivity index (χ2v) is 5.29. The van der Waals surface area contributed by atoms with Crippen LogP contribution in [0.3, 0.4) is 0 Å². The van der Waals surface area contributed by atoms with Crippen molar-refractivity contribution in [3.8, 4) is 5.75 Å². The Morgan fingerprint density at radius 2 is 1.90 bits per heavy atom. The van der Waals surface area contributed by atoms with Crippen molar-refractivity contribution in [3.63, 3.8) is 0 Å². The summed E-state index contributed by atoms with van der Waals surface area (Å²) in [5, 5.41) is 0. The van der Waals surface area contributed by atoms with E-state index in [1.165, 1.54) is 18.2 Å².